The van der Waals surface area contributed by atoms with E-state index in [1.165, 1.54) is 68.6 Å². The first-order chi connectivity index (χ1) is 13.1. The molecular formula is C25H36N2. The van der Waals surface area contributed by atoms with Crippen molar-refractivity contribution in [3.63, 3.8) is 0 Å². The second-order valence-electron chi connectivity index (χ2n) is 8.96. The van der Waals surface area contributed by atoms with Crippen molar-refractivity contribution in [1.29, 1.82) is 0 Å². The minimum Gasteiger partial charge on any atom is -0.263 e. The molecule has 0 aromatic carbocycles. The third-order valence-corrected chi connectivity index (χ3v) is 6.58. The fourth-order valence-corrected chi connectivity index (χ4v) is 4.85. The van der Waals surface area contributed by atoms with Crippen molar-refractivity contribution < 1.29 is 0 Å². The molecule has 3 unspecified atom stereocenters. The topological polar surface area (TPSA) is 25.2 Å². The third-order valence-electron chi connectivity index (χ3n) is 6.58. The van der Waals surface area contributed by atoms with Gasteiger partial charge in [-0.1, -0.05) is 51.7 Å². The Kier molecular flexibility index (Phi) is 7.47. The van der Waals surface area contributed by atoms with Crippen molar-refractivity contribution in [3.8, 4) is 0 Å². The molecule has 0 spiro atoms. The molecule has 0 amide bonds. The van der Waals surface area contributed by atoms with E-state index in [9.17, 15) is 0 Å². The fourth-order valence-electron chi connectivity index (χ4n) is 4.85. The number of aromatic nitrogens is 1. The molecular weight excluding hydrogens is 328 g/mol. The summed E-state index contributed by atoms with van der Waals surface area (Å²) in [4.78, 5) is 9.24. The van der Waals surface area contributed by atoms with E-state index in [1.54, 1.807) is 0 Å². The number of pyridine rings is 1. The number of fused-ring (bicyclic) bond motifs is 1. The average molecular weight is 365 g/mol. The van der Waals surface area contributed by atoms with Gasteiger partial charge in [-0.05, 0) is 74.5 Å². The zero-order valence-corrected chi connectivity index (χ0v) is 17.3. The molecule has 1 aromatic rings. The largest absolute Gasteiger partial charge is 0.263 e. The zero-order chi connectivity index (χ0) is 19.1. The van der Waals surface area contributed by atoms with Gasteiger partial charge in [-0.15, -0.1) is 5.73 Å². The van der Waals surface area contributed by atoms with Crippen LogP contribution in [0.4, 0.5) is 0 Å². The maximum atomic E-state index is 4.84. The van der Waals surface area contributed by atoms with Gasteiger partial charge in [-0.25, -0.2) is 4.98 Å². The van der Waals surface area contributed by atoms with Gasteiger partial charge in [0, 0.05) is 11.4 Å². The molecule has 0 radical (unpaired) electrons. The predicted molar refractivity (Wildman–Crippen MR) is 114 cm³/mol. The summed E-state index contributed by atoms with van der Waals surface area (Å²) in [7, 11) is 0. The van der Waals surface area contributed by atoms with Gasteiger partial charge in [0.2, 0.25) is 0 Å². The fraction of sp³-hybridized carbons (Fsp3) is 0.640. The van der Waals surface area contributed by atoms with Crippen molar-refractivity contribution in [3.05, 3.63) is 46.9 Å². The summed E-state index contributed by atoms with van der Waals surface area (Å²) in [5.41, 5.74) is 5.35. The Labute approximate surface area is 165 Å². The monoisotopic (exact) mass is 364 g/mol. The second-order valence-corrected chi connectivity index (χ2v) is 8.96. The number of allylic oxidation sites excluding steroid dienone is 1. The van der Waals surface area contributed by atoms with Crippen LogP contribution >= 0.6 is 0 Å². The van der Waals surface area contributed by atoms with E-state index in [2.05, 4.69) is 43.3 Å². The molecule has 27 heavy (non-hydrogen) atoms. The lowest BCUT2D eigenvalue weighted by atomic mass is 9.90. The summed E-state index contributed by atoms with van der Waals surface area (Å²) in [6.07, 6.45) is 17.4. The normalized spacial score (nSPS) is 25.0. The highest BCUT2D eigenvalue weighted by Crippen LogP contribution is 2.38. The SMILES string of the molecule is C=C=C(C)CC1CCC(CCC(C)CCC[C@H]2CC=c3cccnc3=N2)C1. The van der Waals surface area contributed by atoms with Crippen LogP contribution in [0.3, 0.4) is 0 Å². The Bertz CT molecular complexity index is 772. The van der Waals surface area contributed by atoms with Crippen molar-refractivity contribution in [2.75, 3.05) is 0 Å². The predicted octanol–water partition coefficient (Wildman–Crippen LogP) is 5.38. The molecule has 146 valence electrons. The standard InChI is InChI=1S/C25H36N2/c1-4-19(2)17-22-13-12-21(18-22)11-10-20(3)7-5-9-24-15-14-23-8-6-16-26-25(23)27-24/h6,8,14,16,20-22,24H,1,5,7,9-13,15,17-18H2,2-3H3/t20?,21?,22?,24-/m0/s1. The summed E-state index contributed by atoms with van der Waals surface area (Å²) in [6.45, 7) is 8.40. The van der Waals surface area contributed by atoms with Gasteiger partial charge in [0.15, 0.2) is 5.49 Å². The lowest BCUT2D eigenvalue weighted by molar-refractivity contribution is 0.376. The summed E-state index contributed by atoms with van der Waals surface area (Å²) in [5, 5.41) is 1.20. The molecule has 1 saturated carbocycles. The van der Waals surface area contributed by atoms with Gasteiger partial charge in [0.25, 0.3) is 0 Å². The van der Waals surface area contributed by atoms with E-state index in [1.807, 2.05) is 12.3 Å². The molecule has 1 fully saturated rings. The second kappa shape index (κ2) is 10.0. The molecule has 4 atom stereocenters. The van der Waals surface area contributed by atoms with E-state index in [0.29, 0.717) is 6.04 Å². The molecule has 0 bridgehead atoms. The van der Waals surface area contributed by atoms with E-state index in [-0.39, 0.29) is 0 Å². The third kappa shape index (κ3) is 6.18. The van der Waals surface area contributed by atoms with Gasteiger partial charge in [-0.3, -0.25) is 4.99 Å². The van der Waals surface area contributed by atoms with Crippen LogP contribution in [0, 0.1) is 17.8 Å². The number of hydrogen-bond acceptors (Lipinski definition) is 2. The number of hydrogen-bond donors (Lipinski definition) is 0. The van der Waals surface area contributed by atoms with Gasteiger partial charge >= 0.3 is 0 Å². The highest BCUT2D eigenvalue weighted by molar-refractivity contribution is 5.24. The van der Waals surface area contributed by atoms with Gasteiger partial charge in [-0.2, -0.15) is 0 Å². The van der Waals surface area contributed by atoms with Crippen LogP contribution in [-0.4, -0.2) is 11.0 Å². The Morgan fingerprint density at radius 2 is 2.11 bits per heavy atom. The Morgan fingerprint density at radius 1 is 1.26 bits per heavy atom. The first-order valence-electron chi connectivity index (χ1n) is 11.0. The van der Waals surface area contributed by atoms with Crippen molar-refractivity contribution in [2.45, 2.75) is 84.1 Å². The maximum Gasteiger partial charge on any atom is 0.154 e. The average Bonchev–Trinajstić information content (AvgIpc) is 3.13. The van der Waals surface area contributed by atoms with Crippen molar-refractivity contribution in [1.82, 2.24) is 4.98 Å². The Balaban J connectivity index is 1.32. The maximum absolute atomic E-state index is 4.84. The van der Waals surface area contributed by atoms with E-state index >= 15 is 0 Å². The highest BCUT2D eigenvalue weighted by atomic mass is 14.9. The molecule has 1 aromatic heterocycles. The molecule has 2 heterocycles. The molecule has 0 saturated heterocycles. The molecule has 2 aliphatic rings. The summed E-state index contributed by atoms with van der Waals surface area (Å²) < 4.78 is 0. The molecule has 0 N–H and O–H groups in total. The smallest absolute Gasteiger partial charge is 0.154 e. The van der Waals surface area contributed by atoms with Gasteiger partial charge in [0.1, 0.15) is 0 Å². The minimum absolute atomic E-state index is 0.441. The van der Waals surface area contributed by atoms with E-state index in [0.717, 1.165) is 29.7 Å². The van der Waals surface area contributed by atoms with Crippen LogP contribution in [-0.2, 0) is 0 Å². The lowest BCUT2D eigenvalue weighted by Crippen LogP contribution is -2.33. The molecule has 2 nitrogen and oxygen atoms in total. The molecule has 2 heteroatoms. The van der Waals surface area contributed by atoms with Crippen LogP contribution in [0.2, 0.25) is 0 Å². The van der Waals surface area contributed by atoms with Crippen LogP contribution < -0.4 is 10.7 Å². The van der Waals surface area contributed by atoms with Crippen molar-refractivity contribution in [2.24, 2.45) is 22.7 Å². The molecule has 1 aliphatic carbocycles. The van der Waals surface area contributed by atoms with Crippen LogP contribution in [0.5, 0.6) is 0 Å². The van der Waals surface area contributed by atoms with E-state index in [4.69, 9.17) is 4.99 Å². The van der Waals surface area contributed by atoms with E-state index < -0.39 is 0 Å². The summed E-state index contributed by atoms with van der Waals surface area (Å²) >= 11 is 0. The van der Waals surface area contributed by atoms with Crippen LogP contribution in [0.15, 0.2) is 41.2 Å². The van der Waals surface area contributed by atoms with Gasteiger partial charge < -0.3 is 0 Å². The zero-order valence-electron chi connectivity index (χ0n) is 17.3. The van der Waals surface area contributed by atoms with Gasteiger partial charge in [0.05, 0.1) is 6.04 Å². The first kappa shape index (κ1) is 20.1. The highest BCUT2D eigenvalue weighted by Gasteiger charge is 2.24. The first-order valence-corrected chi connectivity index (χ1v) is 11.0. The van der Waals surface area contributed by atoms with Crippen LogP contribution in [0.1, 0.15) is 78.1 Å². The molecule has 1 aliphatic heterocycles. The molecule has 3 rings (SSSR count). The quantitative estimate of drug-likeness (QED) is 0.540. The summed E-state index contributed by atoms with van der Waals surface area (Å²) in [5.74, 6) is 2.69. The van der Waals surface area contributed by atoms with Crippen LogP contribution in [0.25, 0.3) is 6.08 Å². The Hall–Kier alpha value is -1.66. The number of rotatable bonds is 9. The minimum atomic E-state index is 0.441. The lowest BCUT2D eigenvalue weighted by Gasteiger charge is -2.17. The summed E-state index contributed by atoms with van der Waals surface area (Å²) in [6, 6.07) is 4.56. The Morgan fingerprint density at radius 3 is 2.96 bits per heavy atom. The number of nitrogens with zero attached hydrogens (tertiary/aromatic N) is 2. The van der Waals surface area contributed by atoms with Crippen molar-refractivity contribution >= 4 is 6.08 Å².